The largest absolute Gasteiger partial charge is 0.459 e. The number of amides is 1. The van der Waals surface area contributed by atoms with E-state index in [2.05, 4.69) is 10.0 Å². The SMILES string of the molecule is CC(C)(C)OC(=O)CNS(=O)(=O)c1ccc(C(=O)Nc2ccccc2)cc1. The van der Waals surface area contributed by atoms with Crippen LogP contribution in [0.15, 0.2) is 59.5 Å². The first-order valence-corrected chi connectivity index (χ1v) is 9.73. The predicted octanol–water partition coefficient (Wildman–Crippen LogP) is 2.56. The van der Waals surface area contributed by atoms with Crippen LogP contribution in [-0.4, -0.2) is 32.4 Å². The van der Waals surface area contributed by atoms with Crippen molar-refractivity contribution in [3.05, 3.63) is 60.2 Å². The van der Waals surface area contributed by atoms with Crippen LogP contribution in [0, 0.1) is 0 Å². The van der Waals surface area contributed by atoms with Gasteiger partial charge in [0.1, 0.15) is 12.1 Å². The van der Waals surface area contributed by atoms with Crippen molar-refractivity contribution >= 4 is 27.6 Å². The third-order valence-electron chi connectivity index (χ3n) is 3.29. The Morgan fingerprint density at radius 3 is 2.11 bits per heavy atom. The molecular weight excluding hydrogens is 368 g/mol. The van der Waals surface area contributed by atoms with Gasteiger partial charge in [-0.2, -0.15) is 4.72 Å². The molecule has 0 saturated heterocycles. The summed E-state index contributed by atoms with van der Waals surface area (Å²) in [7, 11) is -3.89. The number of carbonyl (C=O) groups excluding carboxylic acids is 2. The molecule has 8 heteroatoms. The van der Waals surface area contributed by atoms with Gasteiger partial charge in [0.25, 0.3) is 5.91 Å². The number of carbonyl (C=O) groups is 2. The van der Waals surface area contributed by atoms with Gasteiger partial charge >= 0.3 is 5.97 Å². The number of benzene rings is 2. The second-order valence-electron chi connectivity index (χ2n) is 6.76. The molecule has 1 amide bonds. The van der Waals surface area contributed by atoms with Gasteiger partial charge in [0, 0.05) is 11.3 Å². The molecule has 2 aromatic rings. The average Bonchev–Trinajstić information content (AvgIpc) is 2.60. The molecular formula is C19H22N2O5S. The highest BCUT2D eigenvalue weighted by Gasteiger charge is 2.20. The van der Waals surface area contributed by atoms with Crippen LogP contribution < -0.4 is 10.0 Å². The van der Waals surface area contributed by atoms with Crippen molar-refractivity contribution in [2.75, 3.05) is 11.9 Å². The Morgan fingerprint density at radius 2 is 1.56 bits per heavy atom. The fourth-order valence-electron chi connectivity index (χ4n) is 2.13. The van der Waals surface area contributed by atoms with Gasteiger partial charge < -0.3 is 10.1 Å². The molecule has 0 atom stereocenters. The first kappa shape index (κ1) is 20.6. The van der Waals surface area contributed by atoms with Crippen LogP contribution in [0.1, 0.15) is 31.1 Å². The summed E-state index contributed by atoms with van der Waals surface area (Å²) in [6.45, 7) is 4.60. The Labute approximate surface area is 158 Å². The van der Waals surface area contributed by atoms with Crippen LogP contribution in [0.25, 0.3) is 0 Å². The lowest BCUT2D eigenvalue weighted by Gasteiger charge is -2.19. The van der Waals surface area contributed by atoms with E-state index in [1.807, 2.05) is 6.07 Å². The fourth-order valence-corrected chi connectivity index (χ4v) is 3.09. The number of esters is 1. The first-order chi connectivity index (χ1) is 12.6. The van der Waals surface area contributed by atoms with Crippen molar-refractivity contribution in [1.82, 2.24) is 4.72 Å². The summed E-state index contributed by atoms with van der Waals surface area (Å²) in [5.74, 6) is -1.03. The van der Waals surface area contributed by atoms with Gasteiger partial charge in [-0.25, -0.2) is 8.42 Å². The highest BCUT2D eigenvalue weighted by atomic mass is 32.2. The number of hydrogen-bond acceptors (Lipinski definition) is 5. The van der Waals surface area contributed by atoms with E-state index in [1.165, 1.54) is 24.3 Å². The molecule has 0 aliphatic rings. The van der Waals surface area contributed by atoms with Gasteiger partial charge in [-0.1, -0.05) is 18.2 Å². The highest BCUT2D eigenvalue weighted by molar-refractivity contribution is 7.89. The molecule has 0 fully saturated rings. The summed E-state index contributed by atoms with van der Waals surface area (Å²) in [5.41, 5.74) is 0.249. The Hall–Kier alpha value is -2.71. The molecule has 0 unspecified atom stereocenters. The molecule has 0 aliphatic heterocycles. The number of nitrogens with one attached hydrogen (secondary N) is 2. The zero-order valence-corrected chi connectivity index (χ0v) is 16.2. The minimum absolute atomic E-state index is 0.0534. The lowest BCUT2D eigenvalue weighted by molar-refractivity contribution is -0.153. The van der Waals surface area contributed by atoms with E-state index in [0.29, 0.717) is 11.3 Å². The van der Waals surface area contributed by atoms with Crippen LogP contribution in [0.4, 0.5) is 5.69 Å². The summed E-state index contributed by atoms with van der Waals surface area (Å²) < 4.78 is 31.8. The maximum absolute atomic E-state index is 12.3. The van der Waals surface area contributed by atoms with Crippen LogP contribution >= 0.6 is 0 Å². The summed E-state index contributed by atoms with van der Waals surface area (Å²) in [6.07, 6.45) is 0. The second kappa shape index (κ2) is 8.32. The van der Waals surface area contributed by atoms with Gasteiger partial charge in [-0.05, 0) is 57.2 Å². The monoisotopic (exact) mass is 390 g/mol. The standard InChI is InChI=1S/C19H22N2O5S/c1-19(2,3)26-17(22)13-20-27(24,25)16-11-9-14(10-12-16)18(23)21-15-7-5-4-6-8-15/h4-12,20H,13H2,1-3H3,(H,21,23). The zero-order chi connectivity index (χ0) is 20.1. The number of hydrogen-bond donors (Lipinski definition) is 2. The van der Waals surface area contributed by atoms with Crippen LogP contribution in [-0.2, 0) is 19.6 Å². The topological polar surface area (TPSA) is 102 Å². The summed E-state index contributed by atoms with van der Waals surface area (Å²) in [5, 5.41) is 2.71. The van der Waals surface area contributed by atoms with E-state index in [0.717, 1.165) is 0 Å². The Kier molecular flexibility index (Phi) is 6.35. The molecule has 2 rings (SSSR count). The molecule has 2 aromatic carbocycles. The van der Waals surface area contributed by atoms with Crippen molar-refractivity contribution in [3.63, 3.8) is 0 Å². The van der Waals surface area contributed by atoms with Gasteiger partial charge in [-0.3, -0.25) is 9.59 Å². The molecule has 27 heavy (non-hydrogen) atoms. The third kappa shape index (κ3) is 6.50. The van der Waals surface area contributed by atoms with Crippen molar-refractivity contribution in [2.45, 2.75) is 31.3 Å². The molecule has 0 spiro atoms. The molecule has 0 radical (unpaired) electrons. The van der Waals surface area contributed by atoms with Gasteiger partial charge in [0.05, 0.1) is 4.90 Å². The number of ether oxygens (including phenoxy) is 1. The van der Waals surface area contributed by atoms with E-state index in [-0.39, 0.29) is 10.8 Å². The van der Waals surface area contributed by atoms with Crippen molar-refractivity contribution < 1.29 is 22.7 Å². The lowest BCUT2D eigenvalue weighted by Crippen LogP contribution is -2.34. The van der Waals surface area contributed by atoms with Crippen molar-refractivity contribution in [2.24, 2.45) is 0 Å². The number of anilines is 1. The fraction of sp³-hybridized carbons (Fsp3) is 0.263. The maximum Gasteiger partial charge on any atom is 0.321 e. The maximum atomic E-state index is 12.3. The lowest BCUT2D eigenvalue weighted by atomic mass is 10.2. The third-order valence-corrected chi connectivity index (χ3v) is 4.70. The summed E-state index contributed by atoms with van der Waals surface area (Å²) in [4.78, 5) is 23.8. The van der Waals surface area contributed by atoms with Crippen LogP contribution in [0.5, 0.6) is 0 Å². The number of sulfonamides is 1. The summed E-state index contributed by atoms with van der Waals surface area (Å²) in [6, 6.07) is 14.3. The predicted molar refractivity (Wildman–Crippen MR) is 102 cm³/mol. The van der Waals surface area contributed by atoms with E-state index < -0.39 is 28.1 Å². The zero-order valence-electron chi connectivity index (χ0n) is 15.4. The Balaban J connectivity index is 2.00. The summed E-state index contributed by atoms with van der Waals surface area (Å²) >= 11 is 0. The van der Waals surface area contributed by atoms with E-state index in [9.17, 15) is 18.0 Å². The number of para-hydroxylation sites is 1. The van der Waals surface area contributed by atoms with Gasteiger partial charge in [0.15, 0.2) is 0 Å². The molecule has 144 valence electrons. The van der Waals surface area contributed by atoms with Crippen molar-refractivity contribution in [3.8, 4) is 0 Å². The molecule has 2 N–H and O–H groups in total. The number of rotatable bonds is 6. The average molecular weight is 390 g/mol. The smallest absolute Gasteiger partial charge is 0.321 e. The van der Waals surface area contributed by atoms with Crippen LogP contribution in [0.3, 0.4) is 0 Å². The minimum atomic E-state index is -3.89. The van der Waals surface area contributed by atoms with Gasteiger partial charge in [0.2, 0.25) is 10.0 Å². The van der Waals surface area contributed by atoms with Gasteiger partial charge in [-0.15, -0.1) is 0 Å². The second-order valence-corrected chi connectivity index (χ2v) is 8.52. The van der Waals surface area contributed by atoms with E-state index >= 15 is 0 Å². The van der Waals surface area contributed by atoms with Crippen molar-refractivity contribution in [1.29, 1.82) is 0 Å². The normalized spacial score (nSPS) is 11.7. The molecule has 0 bridgehead atoms. The van der Waals surface area contributed by atoms with E-state index in [1.54, 1.807) is 45.0 Å². The minimum Gasteiger partial charge on any atom is -0.459 e. The molecule has 0 aliphatic carbocycles. The highest BCUT2D eigenvalue weighted by Crippen LogP contribution is 2.13. The Bertz CT molecular complexity index is 901. The molecule has 7 nitrogen and oxygen atoms in total. The quantitative estimate of drug-likeness (QED) is 0.738. The Morgan fingerprint density at radius 1 is 0.963 bits per heavy atom. The molecule has 0 saturated carbocycles. The molecule has 0 aromatic heterocycles. The van der Waals surface area contributed by atoms with E-state index in [4.69, 9.17) is 4.74 Å². The first-order valence-electron chi connectivity index (χ1n) is 8.25. The molecule has 0 heterocycles. The van der Waals surface area contributed by atoms with Crippen LogP contribution in [0.2, 0.25) is 0 Å².